The second-order valence-electron chi connectivity index (χ2n) is 7.41. The van der Waals surface area contributed by atoms with Crippen molar-refractivity contribution < 1.29 is 27.1 Å². The van der Waals surface area contributed by atoms with Gasteiger partial charge in [-0.25, -0.2) is 4.39 Å². The van der Waals surface area contributed by atoms with Crippen LogP contribution in [0.4, 0.5) is 17.6 Å². The summed E-state index contributed by atoms with van der Waals surface area (Å²) in [5.41, 5.74) is 1.43. The van der Waals surface area contributed by atoms with Gasteiger partial charge in [0.15, 0.2) is 0 Å². The van der Waals surface area contributed by atoms with E-state index in [9.17, 15) is 22.4 Å². The molecule has 0 heterocycles. The summed E-state index contributed by atoms with van der Waals surface area (Å²) in [7, 11) is 0. The first-order chi connectivity index (χ1) is 13.8. The lowest BCUT2D eigenvalue weighted by Crippen LogP contribution is -2.42. The van der Waals surface area contributed by atoms with Crippen LogP contribution in [0.25, 0.3) is 0 Å². The smallest absolute Gasteiger partial charge is 0.367 e. The van der Waals surface area contributed by atoms with Gasteiger partial charge in [-0.3, -0.25) is 4.79 Å². The molecule has 0 spiro atoms. The summed E-state index contributed by atoms with van der Waals surface area (Å²) in [6.07, 6.45) is -1.16. The fourth-order valence-corrected chi connectivity index (χ4v) is 3.80. The average Bonchev–Trinajstić information content (AvgIpc) is 3.17. The molecule has 1 amide bonds. The molecule has 1 saturated carbocycles. The number of rotatable bonds is 7. The van der Waals surface area contributed by atoms with E-state index in [0.29, 0.717) is 30.5 Å². The molecule has 0 bridgehead atoms. The van der Waals surface area contributed by atoms with Crippen molar-refractivity contribution in [1.82, 2.24) is 5.32 Å². The van der Waals surface area contributed by atoms with E-state index in [-0.39, 0.29) is 18.3 Å². The first kappa shape index (κ1) is 21.3. The van der Waals surface area contributed by atoms with Gasteiger partial charge in [0, 0.05) is 6.54 Å². The summed E-state index contributed by atoms with van der Waals surface area (Å²) < 4.78 is 54.7. The summed E-state index contributed by atoms with van der Waals surface area (Å²) in [5, 5.41) is 2.94. The number of benzene rings is 2. The van der Waals surface area contributed by atoms with E-state index in [1.165, 1.54) is 12.1 Å². The Hall–Kier alpha value is -2.41. The van der Waals surface area contributed by atoms with Gasteiger partial charge in [-0.1, -0.05) is 49.2 Å². The Balaban J connectivity index is 1.59. The van der Waals surface area contributed by atoms with Gasteiger partial charge < -0.3 is 10.1 Å². The van der Waals surface area contributed by atoms with Crippen molar-refractivity contribution in [2.75, 3.05) is 6.61 Å². The molecular formula is C22H23F4NO2. The zero-order valence-corrected chi connectivity index (χ0v) is 15.9. The van der Waals surface area contributed by atoms with Crippen LogP contribution in [0.2, 0.25) is 0 Å². The minimum Gasteiger partial charge on any atom is -0.367 e. The van der Waals surface area contributed by atoms with Crippen molar-refractivity contribution in [3.05, 3.63) is 71.0 Å². The number of nitrogens with one attached hydrogen (secondary N) is 1. The third-order valence-corrected chi connectivity index (χ3v) is 5.28. The lowest BCUT2D eigenvalue weighted by atomic mass is 9.78. The number of carbonyl (C=O) groups is 1. The molecule has 2 aromatic carbocycles. The topological polar surface area (TPSA) is 38.3 Å². The van der Waals surface area contributed by atoms with Gasteiger partial charge in [-0.15, -0.1) is 0 Å². The van der Waals surface area contributed by atoms with Crippen LogP contribution in [0.3, 0.4) is 0 Å². The fraction of sp³-hybridized carbons (Fsp3) is 0.409. The van der Waals surface area contributed by atoms with Crippen molar-refractivity contribution in [2.45, 2.75) is 50.4 Å². The van der Waals surface area contributed by atoms with Gasteiger partial charge in [0.05, 0.1) is 12.0 Å². The lowest BCUT2D eigenvalue weighted by molar-refractivity contribution is -0.176. The molecule has 0 atom stereocenters. The number of halogens is 4. The first-order valence-electron chi connectivity index (χ1n) is 9.55. The number of carbonyl (C=O) groups excluding carboxylic acids is 1. The summed E-state index contributed by atoms with van der Waals surface area (Å²) in [6, 6.07) is 13.1. The molecule has 1 fully saturated rings. The van der Waals surface area contributed by atoms with Crippen LogP contribution in [0, 0.1) is 5.82 Å². The largest absolute Gasteiger partial charge is 0.411 e. The highest BCUT2D eigenvalue weighted by atomic mass is 19.4. The summed E-state index contributed by atoms with van der Waals surface area (Å²) in [5.74, 6) is -0.483. The molecule has 7 heteroatoms. The first-order valence-corrected chi connectivity index (χ1v) is 9.55. The van der Waals surface area contributed by atoms with Crippen molar-refractivity contribution in [3.8, 4) is 0 Å². The van der Waals surface area contributed by atoms with Crippen molar-refractivity contribution in [3.63, 3.8) is 0 Å². The third kappa shape index (κ3) is 5.56. The predicted molar refractivity (Wildman–Crippen MR) is 101 cm³/mol. The van der Waals surface area contributed by atoms with E-state index in [4.69, 9.17) is 0 Å². The maximum absolute atomic E-state index is 13.7. The lowest BCUT2D eigenvalue weighted by Gasteiger charge is -2.28. The molecule has 156 valence electrons. The molecule has 1 N–H and O–H groups in total. The molecule has 0 aromatic heterocycles. The maximum atomic E-state index is 13.7. The zero-order valence-electron chi connectivity index (χ0n) is 15.9. The minimum atomic E-state index is -4.35. The highest BCUT2D eigenvalue weighted by Crippen LogP contribution is 2.41. The number of amides is 1. The highest BCUT2D eigenvalue weighted by molar-refractivity contribution is 5.88. The maximum Gasteiger partial charge on any atom is 0.411 e. The standard InChI is InChI=1S/C22H23F4NO2/c23-19-5-3-4-18(12-19)21(10-1-2-11-21)20(28)27-13-16-6-8-17(9-7-16)14-29-15-22(24,25)26/h3-9,12H,1-2,10-11,13-15H2,(H,27,28). The Morgan fingerprint density at radius 3 is 2.31 bits per heavy atom. The SMILES string of the molecule is O=C(NCc1ccc(COCC(F)(F)F)cc1)C1(c2cccc(F)c2)CCCC1. The Morgan fingerprint density at radius 2 is 1.69 bits per heavy atom. The highest BCUT2D eigenvalue weighted by Gasteiger charge is 2.42. The molecule has 0 saturated heterocycles. The van der Waals surface area contributed by atoms with Crippen LogP contribution in [-0.2, 0) is 28.1 Å². The summed E-state index contributed by atoms with van der Waals surface area (Å²) >= 11 is 0. The molecule has 3 nitrogen and oxygen atoms in total. The molecule has 29 heavy (non-hydrogen) atoms. The number of hydrogen-bond acceptors (Lipinski definition) is 2. The van der Waals surface area contributed by atoms with Crippen molar-refractivity contribution in [2.24, 2.45) is 0 Å². The molecule has 1 aliphatic carbocycles. The second-order valence-corrected chi connectivity index (χ2v) is 7.41. The molecule has 3 rings (SSSR count). The zero-order chi connectivity index (χ0) is 20.9. The molecule has 2 aromatic rings. The van der Waals surface area contributed by atoms with E-state index >= 15 is 0 Å². The van der Waals surface area contributed by atoms with Gasteiger partial charge >= 0.3 is 6.18 Å². The van der Waals surface area contributed by atoms with Crippen molar-refractivity contribution >= 4 is 5.91 Å². The van der Waals surface area contributed by atoms with Crippen LogP contribution in [0.15, 0.2) is 48.5 Å². The van der Waals surface area contributed by atoms with Crippen LogP contribution in [-0.4, -0.2) is 18.7 Å². The fourth-order valence-electron chi connectivity index (χ4n) is 3.80. The Labute approximate surface area is 167 Å². The van der Waals surface area contributed by atoms with E-state index in [0.717, 1.165) is 18.4 Å². The number of alkyl halides is 3. The summed E-state index contributed by atoms with van der Waals surface area (Å²) in [6.45, 7) is -1.12. The Bertz CT molecular complexity index is 827. The van der Waals surface area contributed by atoms with Crippen LogP contribution in [0.5, 0.6) is 0 Å². The molecule has 0 radical (unpaired) electrons. The second kappa shape index (κ2) is 8.95. The number of hydrogen-bond donors (Lipinski definition) is 1. The van der Waals surface area contributed by atoms with E-state index in [1.54, 1.807) is 36.4 Å². The van der Waals surface area contributed by atoms with Gasteiger partial charge in [-0.2, -0.15) is 13.2 Å². The van der Waals surface area contributed by atoms with Crippen LogP contribution < -0.4 is 5.32 Å². The van der Waals surface area contributed by atoms with Gasteiger partial charge in [0.2, 0.25) is 5.91 Å². The number of ether oxygens (including phenoxy) is 1. The van der Waals surface area contributed by atoms with Gasteiger partial charge in [0.25, 0.3) is 0 Å². The third-order valence-electron chi connectivity index (χ3n) is 5.28. The van der Waals surface area contributed by atoms with E-state index < -0.39 is 18.2 Å². The van der Waals surface area contributed by atoms with E-state index in [2.05, 4.69) is 10.1 Å². The molecule has 0 aliphatic heterocycles. The van der Waals surface area contributed by atoms with E-state index in [1.807, 2.05) is 0 Å². The summed E-state index contributed by atoms with van der Waals surface area (Å²) in [4.78, 5) is 13.0. The average molecular weight is 409 g/mol. The molecular weight excluding hydrogens is 386 g/mol. The molecule has 0 unspecified atom stereocenters. The molecule has 1 aliphatic rings. The van der Waals surface area contributed by atoms with Gasteiger partial charge in [-0.05, 0) is 41.7 Å². The van der Waals surface area contributed by atoms with Crippen molar-refractivity contribution in [1.29, 1.82) is 0 Å². The Morgan fingerprint density at radius 1 is 1.03 bits per heavy atom. The van der Waals surface area contributed by atoms with Crippen LogP contribution in [0.1, 0.15) is 42.4 Å². The minimum absolute atomic E-state index is 0.127. The van der Waals surface area contributed by atoms with Gasteiger partial charge in [0.1, 0.15) is 12.4 Å². The Kier molecular flexibility index (Phi) is 6.57. The normalized spacial score (nSPS) is 16.0. The monoisotopic (exact) mass is 409 g/mol. The van der Waals surface area contributed by atoms with Crippen LogP contribution >= 0.6 is 0 Å². The quantitative estimate of drug-likeness (QED) is 0.651. The predicted octanol–water partition coefficient (Wildman–Crippen LogP) is 5.03.